The fourth-order valence-corrected chi connectivity index (χ4v) is 6.19. The van der Waals surface area contributed by atoms with Gasteiger partial charge in [-0.2, -0.15) is 16.1 Å². The van der Waals surface area contributed by atoms with Crippen molar-refractivity contribution in [2.24, 2.45) is 5.92 Å². The molecule has 0 radical (unpaired) electrons. The first-order valence-electron chi connectivity index (χ1n) is 7.71. The van der Waals surface area contributed by atoms with Crippen LogP contribution in [-0.4, -0.2) is 59.1 Å². The number of rotatable bonds is 4. The summed E-state index contributed by atoms with van der Waals surface area (Å²) < 4.78 is 34.9. The van der Waals surface area contributed by atoms with Crippen LogP contribution in [0.15, 0.2) is 17.6 Å². The second-order valence-corrected chi connectivity index (χ2v) is 9.44. The monoisotopic (exact) mass is 345 g/mol. The van der Waals surface area contributed by atoms with Gasteiger partial charge in [-0.05, 0) is 12.3 Å². The van der Waals surface area contributed by atoms with Crippen LogP contribution in [0.5, 0.6) is 0 Å². The lowest BCUT2D eigenvalue weighted by molar-refractivity contribution is 0.0624. The van der Waals surface area contributed by atoms with Crippen LogP contribution in [0.1, 0.15) is 20.3 Å². The number of hydrogen-bond donors (Lipinski definition) is 0. The highest BCUT2D eigenvalue weighted by Crippen LogP contribution is 2.33. The summed E-state index contributed by atoms with van der Waals surface area (Å²) >= 11 is 1.82. The molecule has 8 heteroatoms. The largest absolute Gasteiger partial charge is 0.380 e. The highest BCUT2D eigenvalue weighted by molar-refractivity contribution is 8.00. The second kappa shape index (κ2) is 6.51. The molecule has 1 aromatic rings. The summed E-state index contributed by atoms with van der Waals surface area (Å²) in [6, 6.07) is 0.0350. The summed E-state index contributed by atoms with van der Waals surface area (Å²) in [6.07, 6.45) is 4.04. The van der Waals surface area contributed by atoms with Crippen LogP contribution in [0.3, 0.4) is 0 Å². The van der Waals surface area contributed by atoms with Crippen LogP contribution in [-0.2, 0) is 21.3 Å². The molecule has 2 fully saturated rings. The Morgan fingerprint density at radius 1 is 1.50 bits per heavy atom. The smallest absolute Gasteiger partial charge is 0.262 e. The minimum Gasteiger partial charge on any atom is -0.380 e. The highest BCUT2D eigenvalue weighted by atomic mass is 32.2. The Balaban J connectivity index is 1.83. The molecular weight excluding hydrogens is 322 g/mol. The number of imidazole rings is 1. The van der Waals surface area contributed by atoms with Crippen LogP contribution in [0, 0.1) is 5.92 Å². The maximum atomic E-state index is 12.9. The Morgan fingerprint density at radius 3 is 3.09 bits per heavy atom. The quantitative estimate of drug-likeness (QED) is 0.826. The van der Waals surface area contributed by atoms with Gasteiger partial charge in [-0.3, -0.25) is 0 Å². The fourth-order valence-electron chi connectivity index (χ4n) is 3.06. The number of fused-ring (bicyclic) bond motifs is 1. The Labute approximate surface area is 136 Å². The van der Waals surface area contributed by atoms with Gasteiger partial charge in [0, 0.05) is 42.9 Å². The van der Waals surface area contributed by atoms with E-state index in [9.17, 15) is 8.42 Å². The van der Waals surface area contributed by atoms with Crippen LogP contribution < -0.4 is 0 Å². The van der Waals surface area contributed by atoms with E-state index >= 15 is 0 Å². The standard InChI is InChI=1S/C14H23N3O3S2/c1-11(2)7-16-8-14(15-10-16)22(18,19)17-4-6-21-13-9-20-5-3-12(13)17/h8,10-13H,3-7,9H2,1-2H3/t12-,13-/m1/s1. The zero-order chi connectivity index (χ0) is 15.7. The molecule has 3 heterocycles. The van der Waals surface area contributed by atoms with Crippen LogP contribution in [0.2, 0.25) is 0 Å². The van der Waals surface area contributed by atoms with Crippen LogP contribution >= 0.6 is 11.8 Å². The molecule has 124 valence electrons. The van der Waals surface area contributed by atoms with Gasteiger partial charge < -0.3 is 9.30 Å². The summed E-state index contributed by atoms with van der Waals surface area (Å²) in [5.41, 5.74) is 0. The number of sulfonamides is 1. The Bertz CT molecular complexity index is 613. The molecule has 2 saturated heterocycles. The van der Waals surface area contributed by atoms with Gasteiger partial charge in [0.25, 0.3) is 10.0 Å². The van der Waals surface area contributed by atoms with E-state index in [0.29, 0.717) is 25.7 Å². The van der Waals surface area contributed by atoms with Crippen molar-refractivity contribution in [1.82, 2.24) is 13.9 Å². The molecule has 0 amide bonds. The number of hydrogen-bond acceptors (Lipinski definition) is 5. The van der Waals surface area contributed by atoms with Gasteiger partial charge in [0.1, 0.15) is 0 Å². The third-order valence-corrected chi connectivity index (χ3v) is 7.15. The van der Waals surface area contributed by atoms with Gasteiger partial charge in [-0.25, -0.2) is 13.4 Å². The minimum absolute atomic E-state index is 0.0350. The van der Waals surface area contributed by atoms with Gasteiger partial charge in [-0.15, -0.1) is 0 Å². The van der Waals surface area contributed by atoms with Crippen molar-refractivity contribution >= 4 is 21.8 Å². The van der Waals surface area contributed by atoms with Crippen molar-refractivity contribution in [3.05, 3.63) is 12.5 Å². The molecular formula is C14H23N3O3S2. The summed E-state index contributed by atoms with van der Waals surface area (Å²) in [5, 5.41) is 0.417. The van der Waals surface area contributed by atoms with Crippen molar-refractivity contribution < 1.29 is 13.2 Å². The summed E-state index contributed by atoms with van der Waals surface area (Å²) in [6.45, 7) is 6.81. The van der Waals surface area contributed by atoms with E-state index in [1.54, 1.807) is 16.8 Å². The number of aromatic nitrogens is 2. The van der Waals surface area contributed by atoms with E-state index in [2.05, 4.69) is 18.8 Å². The van der Waals surface area contributed by atoms with Crippen molar-refractivity contribution in [3.8, 4) is 0 Å². The summed E-state index contributed by atoms with van der Waals surface area (Å²) in [5.74, 6) is 1.27. The van der Waals surface area contributed by atoms with E-state index in [1.165, 1.54) is 0 Å². The molecule has 0 saturated carbocycles. The van der Waals surface area contributed by atoms with Crippen molar-refractivity contribution in [3.63, 3.8) is 0 Å². The van der Waals surface area contributed by atoms with E-state index in [0.717, 1.165) is 18.7 Å². The minimum atomic E-state index is -3.51. The molecule has 0 N–H and O–H groups in total. The van der Waals surface area contributed by atoms with Crippen LogP contribution in [0.25, 0.3) is 0 Å². The molecule has 0 aliphatic carbocycles. The molecule has 6 nitrogen and oxygen atoms in total. The van der Waals surface area contributed by atoms with E-state index in [4.69, 9.17) is 4.74 Å². The predicted molar refractivity (Wildman–Crippen MR) is 86.4 cm³/mol. The molecule has 2 aliphatic heterocycles. The lowest BCUT2D eigenvalue weighted by Gasteiger charge is -2.41. The van der Waals surface area contributed by atoms with Crippen molar-refractivity contribution in [2.45, 2.75) is 43.1 Å². The molecule has 22 heavy (non-hydrogen) atoms. The van der Waals surface area contributed by atoms with E-state index in [1.807, 2.05) is 16.3 Å². The first-order chi connectivity index (χ1) is 10.5. The highest BCUT2D eigenvalue weighted by Gasteiger charge is 2.41. The van der Waals surface area contributed by atoms with E-state index in [-0.39, 0.29) is 16.3 Å². The molecule has 1 aromatic heterocycles. The Kier molecular flexibility index (Phi) is 4.82. The normalized spacial score (nSPS) is 27.0. The van der Waals surface area contributed by atoms with Gasteiger partial charge in [0.2, 0.25) is 0 Å². The molecule has 0 unspecified atom stereocenters. The Morgan fingerprint density at radius 2 is 2.32 bits per heavy atom. The van der Waals surface area contributed by atoms with Crippen LogP contribution in [0.4, 0.5) is 0 Å². The summed E-state index contributed by atoms with van der Waals surface area (Å²) in [4.78, 5) is 4.15. The molecule has 3 rings (SSSR count). The number of nitrogens with zero attached hydrogens (tertiary/aromatic N) is 3. The third kappa shape index (κ3) is 3.20. The first-order valence-corrected chi connectivity index (χ1v) is 10.2. The van der Waals surface area contributed by atoms with Gasteiger partial charge in [-0.1, -0.05) is 13.8 Å². The molecule has 0 bridgehead atoms. The molecule has 0 aromatic carbocycles. The van der Waals surface area contributed by atoms with E-state index < -0.39 is 10.0 Å². The maximum absolute atomic E-state index is 12.9. The number of ether oxygens (including phenoxy) is 1. The average molecular weight is 345 g/mol. The van der Waals surface area contributed by atoms with Gasteiger partial charge in [0.05, 0.1) is 12.9 Å². The zero-order valence-electron chi connectivity index (χ0n) is 13.0. The fraction of sp³-hybridized carbons (Fsp3) is 0.786. The number of thioether (sulfide) groups is 1. The lowest BCUT2D eigenvalue weighted by Crippen LogP contribution is -2.54. The van der Waals surface area contributed by atoms with Crippen molar-refractivity contribution in [1.29, 1.82) is 0 Å². The average Bonchev–Trinajstić information content (AvgIpc) is 2.95. The molecule has 2 atom stereocenters. The Hall–Kier alpha value is -0.570. The molecule has 0 spiro atoms. The first kappa shape index (κ1) is 16.3. The van der Waals surface area contributed by atoms with Gasteiger partial charge >= 0.3 is 0 Å². The zero-order valence-corrected chi connectivity index (χ0v) is 14.6. The lowest BCUT2D eigenvalue weighted by atomic mass is 10.1. The third-order valence-electron chi connectivity index (χ3n) is 4.04. The predicted octanol–water partition coefficient (Wildman–Crippen LogP) is 1.43. The topological polar surface area (TPSA) is 64.4 Å². The maximum Gasteiger partial charge on any atom is 0.262 e. The van der Waals surface area contributed by atoms with Gasteiger partial charge in [0.15, 0.2) is 5.03 Å². The SMILES string of the molecule is CC(C)Cn1cnc(S(=O)(=O)N2CCS[C@@H]3COCC[C@H]32)c1. The second-order valence-electron chi connectivity index (χ2n) is 6.26. The van der Waals surface area contributed by atoms with Crippen molar-refractivity contribution in [2.75, 3.05) is 25.5 Å². The molecule has 2 aliphatic rings. The summed E-state index contributed by atoms with van der Waals surface area (Å²) in [7, 11) is -3.51.